The van der Waals surface area contributed by atoms with E-state index >= 15 is 0 Å². The molecule has 0 radical (unpaired) electrons. The molecule has 1 atom stereocenters. The lowest BCUT2D eigenvalue weighted by molar-refractivity contribution is 0.281. The van der Waals surface area contributed by atoms with Gasteiger partial charge in [-0.15, -0.1) is 0 Å². The summed E-state index contributed by atoms with van der Waals surface area (Å²) in [5.74, 6) is 0.279. The van der Waals surface area contributed by atoms with E-state index in [2.05, 4.69) is 19.2 Å². The normalized spacial score (nSPS) is 22.9. The van der Waals surface area contributed by atoms with Crippen LogP contribution < -0.4 is 5.32 Å². The van der Waals surface area contributed by atoms with Crippen molar-refractivity contribution in [1.29, 1.82) is 0 Å². The summed E-state index contributed by atoms with van der Waals surface area (Å²) in [5.41, 5.74) is 1.15. The van der Waals surface area contributed by atoms with Gasteiger partial charge in [0.1, 0.15) is 5.75 Å². The third kappa shape index (κ3) is 2.75. The fraction of sp³-hybridized carbons (Fsp3) is 0.571. The molecule has 0 saturated heterocycles. The molecule has 1 aliphatic rings. The molecule has 1 aromatic carbocycles. The monoisotopic (exact) mass is 253 g/mol. The first-order valence-electron chi connectivity index (χ1n) is 6.20. The van der Waals surface area contributed by atoms with E-state index in [0.717, 1.165) is 5.56 Å². The van der Waals surface area contributed by atoms with E-state index < -0.39 is 0 Å². The van der Waals surface area contributed by atoms with Crippen molar-refractivity contribution < 1.29 is 5.11 Å². The minimum atomic E-state index is 0.279. The zero-order chi connectivity index (χ0) is 12.5. The quantitative estimate of drug-likeness (QED) is 0.861. The standard InChI is InChI=1S/C14H20ClNO/c1-14(2)8-4-7-13(14)16-9-10-11(15)5-3-6-12(10)17/h3,5-6,13,16-17H,4,7-9H2,1-2H3. The highest BCUT2D eigenvalue weighted by Crippen LogP contribution is 2.37. The molecule has 0 spiro atoms. The molecule has 3 heteroatoms. The Morgan fingerprint density at radius 3 is 2.82 bits per heavy atom. The third-order valence-corrected chi connectivity index (χ3v) is 4.23. The van der Waals surface area contributed by atoms with E-state index in [9.17, 15) is 5.11 Å². The van der Waals surface area contributed by atoms with Crippen LogP contribution in [0, 0.1) is 5.41 Å². The maximum Gasteiger partial charge on any atom is 0.121 e. The maximum absolute atomic E-state index is 9.77. The van der Waals surface area contributed by atoms with Crippen molar-refractivity contribution in [1.82, 2.24) is 5.32 Å². The second kappa shape index (κ2) is 4.87. The number of nitrogens with one attached hydrogen (secondary N) is 1. The summed E-state index contributed by atoms with van der Waals surface area (Å²) in [5, 5.41) is 13.9. The van der Waals surface area contributed by atoms with Crippen molar-refractivity contribution in [3.8, 4) is 5.75 Å². The Morgan fingerprint density at radius 2 is 2.24 bits per heavy atom. The Bertz CT molecular complexity index is 383. The average Bonchev–Trinajstić information content (AvgIpc) is 2.57. The van der Waals surface area contributed by atoms with Gasteiger partial charge in [-0.05, 0) is 30.4 Å². The minimum Gasteiger partial charge on any atom is -0.508 e. The number of phenolic OH excluding ortho intramolecular Hbond substituents is 1. The fourth-order valence-electron chi connectivity index (χ4n) is 2.65. The van der Waals surface area contributed by atoms with Gasteiger partial charge in [-0.25, -0.2) is 0 Å². The molecule has 0 amide bonds. The van der Waals surface area contributed by atoms with Gasteiger partial charge in [0.2, 0.25) is 0 Å². The summed E-state index contributed by atoms with van der Waals surface area (Å²) in [6, 6.07) is 5.78. The molecule has 2 N–H and O–H groups in total. The second-order valence-electron chi connectivity index (χ2n) is 5.55. The number of halogens is 1. The number of rotatable bonds is 3. The molecule has 1 aromatic rings. The van der Waals surface area contributed by atoms with Crippen LogP contribution in [-0.4, -0.2) is 11.1 Å². The van der Waals surface area contributed by atoms with Gasteiger partial charge in [-0.1, -0.05) is 37.9 Å². The Morgan fingerprint density at radius 1 is 1.47 bits per heavy atom. The first kappa shape index (κ1) is 12.7. The van der Waals surface area contributed by atoms with Gasteiger partial charge < -0.3 is 10.4 Å². The zero-order valence-corrected chi connectivity index (χ0v) is 11.2. The van der Waals surface area contributed by atoms with Gasteiger partial charge in [-0.2, -0.15) is 0 Å². The highest BCUT2D eigenvalue weighted by molar-refractivity contribution is 6.31. The average molecular weight is 254 g/mol. The summed E-state index contributed by atoms with van der Waals surface area (Å²) >= 11 is 6.09. The summed E-state index contributed by atoms with van der Waals surface area (Å²) in [4.78, 5) is 0. The van der Waals surface area contributed by atoms with E-state index in [1.165, 1.54) is 19.3 Å². The van der Waals surface area contributed by atoms with Crippen LogP contribution in [0.25, 0.3) is 0 Å². The zero-order valence-electron chi connectivity index (χ0n) is 10.5. The summed E-state index contributed by atoms with van der Waals surface area (Å²) in [7, 11) is 0. The predicted molar refractivity (Wildman–Crippen MR) is 71.4 cm³/mol. The molecule has 1 saturated carbocycles. The summed E-state index contributed by atoms with van der Waals surface area (Å²) in [6.45, 7) is 5.23. The summed E-state index contributed by atoms with van der Waals surface area (Å²) in [6.07, 6.45) is 3.75. The number of hydrogen-bond acceptors (Lipinski definition) is 2. The van der Waals surface area contributed by atoms with Gasteiger partial charge >= 0.3 is 0 Å². The SMILES string of the molecule is CC1(C)CCCC1NCc1c(O)cccc1Cl. The lowest BCUT2D eigenvalue weighted by Crippen LogP contribution is -2.37. The molecule has 94 valence electrons. The maximum atomic E-state index is 9.77. The minimum absolute atomic E-state index is 0.279. The highest BCUT2D eigenvalue weighted by atomic mass is 35.5. The molecule has 2 rings (SSSR count). The molecular weight excluding hydrogens is 234 g/mol. The Labute approximate surface area is 108 Å². The van der Waals surface area contributed by atoms with Crippen molar-refractivity contribution in [2.24, 2.45) is 5.41 Å². The third-order valence-electron chi connectivity index (χ3n) is 3.88. The van der Waals surface area contributed by atoms with E-state index in [4.69, 9.17) is 11.6 Å². The number of benzene rings is 1. The molecule has 1 aliphatic carbocycles. The summed E-state index contributed by atoms with van der Waals surface area (Å²) < 4.78 is 0. The van der Waals surface area contributed by atoms with Crippen LogP contribution in [0.15, 0.2) is 18.2 Å². The van der Waals surface area contributed by atoms with E-state index in [-0.39, 0.29) is 5.75 Å². The van der Waals surface area contributed by atoms with Crippen LogP contribution in [0.2, 0.25) is 5.02 Å². The van der Waals surface area contributed by atoms with Crippen molar-refractivity contribution >= 4 is 11.6 Å². The van der Waals surface area contributed by atoms with Gasteiger partial charge in [0.05, 0.1) is 0 Å². The Hall–Kier alpha value is -0.730. The first-order valence-corrected chi connectivity index (χ1v) is 6.58. The number of phenols is 1. The lowest BCUT2D eigenvalue weighted by atomic mass is 9.87. The van der Waals surface area contributed by atoms with Gasteiger partial charge in [-0.3, -0.25) is 0 Å². The van der Waals surface area contributed by atoms with Crippen LogP contribution in [0.1, 0.15) is 38.7 Å². The van der Waals surface area contributed by atoms with Crippen LogP contribution in [0.4, 0.5) is 0 Å². The van der Waals surface area contributed by atoms with Crippen LogP contribution >= 0.6 is 11.6 Å². The number of aromatic hydroxyl groups is 1. The van der Waals surface area contributed by atoms with E-state index in [1.807, 2.05) is 6.07 Å². The molecule has 1 fully saturated rings. The van der Waals surface area contributed by atoms with E-state index in [1.54, 1.807) is 12.1 Å². The smallest absolute Gasteiger partial charge is 0.121 e. The van der Waals surface area contributed by atoms with Crippen molar-refractivity contribution in [3.63, 3.8) is 0 Å². The predicted octanol–water partition coefficient (Wildman–Crippen LogP) is 3.71. The molecule has 0 aliphatic heterocycles. The van der Waals surface area contributed by atoms with Crippen molar-refractivity contribution in [2.45, 2.75) is 45.7 Å². The van der Waals surface area contributed by atoms with Crippen molar-refractivity contribution in [2.75, 3.05) is 0 Å². The van der Waals surface area contributed by atoms with Crippen LogP contribution in [0.5, 0.6) is 5.75 Å². The first-order chi connectivity index (χ1) is 8.00. The van der Waals surface area contributed by atoms with Crippen LogP contribution in [-0.2, 0) is 6.54 Å². The molecule has 0 heterocycles. The molecule has 0 bridgehead atoms. The number of hydrogen-bond donors (Lipinski definition) is 2. The molecule has 17 heavy (non-hydrogen) atoms. The molecule has 2 nitrogen and oxygen atoms in total. The topological polar surface area (TPSA) is 32.3 Å². The lowest BCUT2D eigenvalue weighted by Gasteiger charge is -2.28. The van der Waals surface area contributed by atoms with Gasteiger partial charge in [0, 0.05) is 23.2 Å². The Kier molecular flexibility index (Phi) is 3.64. The Balaban J connectivity index is 2.03. The van der Waals surface area contributed by atoms with Gasteiger partial charge in [0.25, 0.3) is 0 Å². The van der Waals surface area contributed by atoms with Gasteiger partial charge in [0.15, 0.2) is 0 Å². The van der Waals surface area contributed by atoms with E-state index in [0.29, 0.717) is 23.0 Å². The molecule has 0 aromatic heterocycles. The molecule has 1 unspecified atom stereocenters. The van der Waals surface area contributed by atoms with Crippen molar-refractivity contribution in [3.05, 3.63) is 28.8 Å². The largest absolute Gasteiger partial charge is 0.508 e. The molecular formula is C14H20ClNO. The fourth-order valence-corrected chi connectivity index (χ4v) is 2.89. The van der Waals surface area contributed by atoms with Crippen LogP contribution in [0.3, 0.4) is 0 Å². The second-order valence-corrected chi connectivity index (χ2v) is 5.96. The highest BCUT2D eigenvalue weighted by Gasteiger charge is 2.33.